The Hall–Kier alpha value is -1.22. The number of ether oxygens (including phenoxy) is 1. The SMILES string of the molecule is Cc1cc(OC(C)(C)C)ccc1NCCCO. The van der Waals surface area contributed by atoms with Gasteiger partial charge in [0, 0.05) is 18.8 Å². The predicted octanol–water partition coefficient (Wildman–Crippen LogP) is 2.97. The lowest BCUT2D eigenvalue weighted by Crippen LogP contribution is -2.23. The van der Waals surface area contributed by atoms with Gasteiger partial charge in [0.05, 0.1) is 0 Å². The molecule has 96 valence electrons. The van der Waals surface area contributed by atoms with Gasteiger partial charge in [-0.15, -0.1) is 0 Å². The van der Waals surface area contributed by atoms with Crippen LogP contribution in [0.3, 0.4) is 0 Å². The van der Waals surface area contributed by atoms with Crippen LogP contribution in [-0.2, 0) is 0 Å². The Bertz CT molecular complexity index is 356. The van der Waals surface area contributed by atoms with Gasteiger partial charge >= 0.3 is 0 Å². The molecule has 0 saturated heterocycles. The molecule has 0 heterocycles. The van der Waals surface area contributed by atoms with Crippen LogP contribution < -0.4 is 10.1 Å². The monoisotopic (exact) mass is 237 g/mol. The molecule has 0 aromatic heterocycles. The molecule has 0 radical (unpaired) electrons. The number of aliphatic hydroxyl groups is 1. The van der Waals surface area contributed by atoms with Crippen LogP contribution in [0, 0.1) is 6.92 Å². The summed E-state index contributed by atoms with van der Waals surface area (Å²) in [6.07, 6.45) is 0.764. The average molecular weight is 237 g/mol. The zero-order valence-corrected chi connectivity index (χ0v) is 11.2. The number of rotatable bonds is 5. The summed E-state index contributed by atoms with van der Waals surface area (Å²) < 4.78 is 5.80. The highest BCUT2D eigenvalue weighted by Gasteiger charge is 2.12. The first-order valence-corrected chi connectivity index (χ1v) is 6.07. The van der Waals surface area contributed by atoms with Gasteiger partial charge in [0.1, 0.15) is 11.4 Å². The van der Waals surface area contributed by atoms with Crippen molar-refractivity contribution in [2.24, 2.45) is 0 Å². The van der Waals surface area contributed by atoms with E-state index in [1.165, 1.54) is 0 Å². The van der Waals surface area contributed by atoms with Gasteiger partial charge in [-0.05, 0) is 57.9 Å². The van der Waals surface area contributed by atoms with E-state index in [9.17, 15) is 0 Å². The lowest BCUT2D eigenvalue weighted by atomic mass is 10.1. The minimum atomic E-state index is -0.168. The Balaban J connectivity index is 2.66. The van der Waals surface area contributed by atoms with E-state index in [-0.39, 0.29) is 12.2 Å². The summed E-state index contributed by atoms with van der Waals surface area (Å²) in [4.78, 5) is 0. The lowest BCUT2D eigenvalue weighted by molar-refractivity contribution is 0.131. The molecule has 0 aliphatic rings. The molecule has 3 nitrogen and oxygen atoms in total. The van der Waals surface area contributed by atoms with Crippen LogP contribution in [0.5, 0.6) is 5.75 Å². The van der Waals surface area contributed by atoms with Crippen LogP contribution in [0.2, 0.25) is 0 Å². The fourth-order valence-corrected chi connectivity index (χ4v) is 1.55. The summed E-state index contributed by atoms with van der Waals surface area (Å²) in [5.41, 5.74) is 2.09. The second kappa shape index (κ2) is 5.92. The molecule has 0 aliphatic carbocycles. The number of aryl methyl sites for hydroxylation is 1. The molecule has 0 unspecified atom stereocenters. The highest BCUT2D eigenvalue weighted by atomic mass is 16.5. The molecule has 0 spiro atoms. The second-order valence-electron chi connectivity index (χ2n) is 5.20. The predicted molar refractivity (Wildman–Crippen MR) is 71.8 cm³/mol. The van der Waals surface area contributed by atoms with Crippen molar-refractivity contribution in [1.82, 2.24) is 0 Å². The van der Waals surface area contributed by atoms with Gasteiger partial charge in [0.25, 0.3) is 0 Å². The standard InChI is InChI=1S/C14H23NO2/c1-11-10-12(17-14(2,3)4)6-7-13(11)15-8-5-9-16/h6-7,10,15-16H,5,8-9H2,1-4H3. The van der Waals surface area contributed by atoms with Crippen LogP contribution >= 0.6 is 0 Å². The van der Waals surface area contributed by atoms with Crippen LogP contribution in [0.4, 0.5) is 5.69 Å². The van der Waals surface area contributed by atoms with E-state index in [0.29, 0.717) is 0 Å². The maximum Gasteiger partial charge on any atom is 0.120 e. The first kappa shape index (κ1) is 13.8. The smallest absolute Gasteiger partial charge is 0.120 e. The Morgan fingerprint density at radius 3 is 2.53 bits per heavy atom. The summed E-state index contributed by atoms with van der Waals surface area (Å²) in [7, 11) is 0. The minimum Gasteiger partial charge on any atom is -0.488 e. The summed E-state index contributed by atoms with van der Waals surface area (Å²) in [5.74, 6) is 0.891. The summed E-state index contributed by atoms with van der Waals surface area (Å²) in [6.45, 7) is 9.17. The first-order chi connectivity index (χ1) is 7.92. The molecule has 1 aromatic rings. The van der Waals surface area contributed by atoms with Crippen molar-refractivity contribution in [3.8, 4) is 5.75 Å². The number of benzene rings is 1. The minimum absolute atomic E-state index is 0.168. The van der Waals surface area contributed by atoms with Gasteiger partial charge in [-0.1, -0.05) is 0 Å². The normalized spacial score (nSPS) is 11.4. The zero-order valence-electron chi connectivity index (χ0n) is 11.2. The Labute approximate surface area is 104 Å². The number of anilines is 1. The van der Waals surface area contributed by atoms with Crippen molar-refractivity contribution in [3.63, 3.8) is 0 Å². The third kappa shape index (κ3) is 5.09. The number of hydrogen-bond donors (Lipinski definition) is 2. The topological polar surface area (TPSA) is 41.5 Å². The van der Waals surface area contributed by atoms with Gasteiger partial charge in [-0.3, -0.25) is 0 Å². The van der Waals surface area contributed by atoms with Crippen molar-refractivity contribution in [3.05, 3.63) is 23.8 Å². The largest absolute Gasteiger partial charge is 0.488 e. The Morgan fingerprint density at radius 2 is 2.00 bits per heavy atom. The Kier molecular flexibility index (Phi) is 4.82. The van der Waals surface area contributed by atoms with E-state index in [0.717, 1.165) is 30.0 Å². The van der Waals surface area contributed by atoms with Crippen molar-refractivity contribution in [2.45, 2.75) is 39.7 Å². The van der Waals surface area contributed by atoms with Crippen molar-refractivity contribution >= 4 is 5.69 Å². The van der Waals surface area contributed by atoms with E-state index < -0.39 is 0 Å². The van der Waals surface area contributed by atoms with E-state index in [1.54, 1.807) is 0 Å². The second-order valence-corrected chi connectivity index (χ2v) is 5.20. The van der Waals surface area contributed by atoms with Crippen LogP contribution in [0.1, 0.15) is 32.8 Å². The molecule has 2 N–H and O–H groups in total. The third-order valence-electron chi connectivity index (χ3n) is 2.27. The molecular formula is C14H23NO2. The van der Waals surface area contributed by atoms with E-state index in [4.69, 9.17) is 9.84 Å². The Morgan fingerprint density at radius 1 is 1.29 bits per heavy atom. The fraction of sp³-hybridized carbons (Fsp3) is 0.571. The van der Waals surface area contributed by atoms with Gasteiger partial charge in [-0.25, -0.2) is 0 Å². The summed E-state index contributed by atoms with van der Waals surface area (Å²) in [5, 5.41) is 12.0. The number of hydrogen-bond acceptors (Lipinski definition) is 3. The first-order valence-electron chi connectivity index (χ1n) is 6.07. The molecule has 3 heteroatoms. The van der Waals surface area contributed by atoms with Crippen molar-refractivity contribution < 1.29 is 9.84 Å². The highest BCUT2D eigenvalue weighted by molar-refractivity contribution is 5.53. The van der Waals surface area contributed by atoms with Gasteiger partial charge in [0.2, 0.25) is 0 Å². The molecule has 17 heavy (non-hydrogen) atoms. The van der Waals surface area contributed by atoms with Crippen LogP contribution in [0.25, 0.3) is 0 Å². The van der Waals surface area contributed by atoms with Crippen molar-refractivity contribution in [1.29, 1.82) is 0 Å². The molecule has 0 amide bonds. The van der Waals surface area contributed by atoms with Crippen LogP contribution in [-0.4, -0.2) is 23.9 Å². The van der Waals surface area contributed by atoms with Gasteiger partial charge < -0.3 is 15.2 Å². The number of nitrogens with one attached hydrogen (secondary N) is 1. The molecule has 0 bridgehead atoms. The lowest BCUT2D eigenvalue weighted by Gasteiger charge is -2.22. The van der Waals surface area contributed by atoms with E-state index >= 15 is 0 Å². The van der Waals surface area contributed by atoms with Gasteiger partial charge in [-0.2, -0.15) is 0 Å². The summed E-state index contributed by atoms with van der Waals surface area (Å²) in [6, 6.07) is 6.03. The molecular weight excluding hydrogens is 214 g/mol. The van der Waals surface area contributed by atoms with Gasteiger partial charge in [0.15, 0.2) is 0 Å². The highest BCUT2D eigenvalue weighted by Crippen LogP contribution is 2.24. The molecule has 0 atom stereocenters. The number of aliphatic hydroxyl groups excluding tert-OH is 1. The quantitative estimate of drug-likeness (QED) is 0.774. The third-order valence-corrected chi connectivity index (χ3v) is 2.27. The average Bonchev–Trinajstić information content (AvgIpc) is 2.19. The summed E-state index contributed by atoms with van der Waals surface area (Å²) >= 11 is 0. The maximum atomic E-state index is 8.73. The van der Waals surface area contributed by atoms with E-state index in [1.807, 2.05) is 39.0 Å². The van der Waals surface area contributed by atoms with Crippen LogP contribution in [0.15, 0.2) is 18.2 Å². The van der Waals surface area contributed by atoms with Crippen molar-refractivity contribution in [2.75, 3.05) is 18.5 Å². The molecule has 1 aromatic carbocycles. The molecule has 0 fully saturated rings. The molecule has 0 aliphatic heterocycles. The molecule has 1 rings (SSSR count). The van der Waals surface area contributed by atoms with E-state index in [2.05, 4.69) is 12.2 Å². The zero-order chi connectivity index (χ0) is 12.9. The molecule has 0 saturated carbocycles. The maximum absolute atomic E-state index is 8.73. The fourth-order valence-electron chi connectivity index (χ4n) is 1.55.